The van der Waals surface area contributed by atoms with E-state index in [1.807, 2.05) is 30.3 Å². The van der Waals surface area contributed by atoms with Gasteiger partial charge in [-0.2, -0.15) is 0 Å². The molecule has 0 spiro atoms. The summed E-state index contributed by atoms with van der Waals surface area (Å²) in [4.78, 5) is 16.0. The predicted molar refractivity (Wildman–Crippen MR) is 66.0 cm³/mol. The lowest BCUT2D eigenvalue weighted by molar-refractivity contribution is 0.0844. The minimum absolute atomic E-state index is 0.139. The van der Waals surface area contributed by atoms with Crippen molar-refractivity contribution < 1.29 is 13.9 Å². The van der Waals surface area contributed by atoms with Crippen molar-refractivity contribution in [1.29, 1.82) is 0 Å². The van der Waals surface area contributed by atoms with Gasteiger partial charge in [-0.25, -0.2) is 4.98 Å². The molecule has 0 fully saturated rings. The molecule has 0 saturated heterocycles. The number of carbonyl (C=O) groups excluding carboxylic acids is 1. The van der Waals surface area contributed by atoms with Crippen LogP contribution in [0.15, 0.2) is 34.7 Å². The number of amides is 1. The average Bonchev–Trinajstić information content (AvgIpc) is 2.79. The van der Waals surface area contributed by atoms with Gasteiger partial charge in [0.15, 0.2) is 0 Å². The molecule has 18 heavy (non-hydrogen) atoms. The first-order chi connectivity index (χ1) is 8.72. The van der Waals surface area contributed by atoms with E-state index in [1.165, 1.54) is 7.11 Å². The Morgan fingerprint density at radius 3 is 2.78 bits per heavy atom. The average molecular weight is 246 g/mol. The van der Waals surface area contributed by atoms with Crippen molar-refractivity contribution in [3.8, 4) is 11.5 Å². The zero-order valence-electron chi connectivity index (χ0n) is 10.3. The Morgan fingerprint density at radius 1 is 1.39 bits per heavy atom. The van der Waals surface area contributed by atoms with E-state index in [0.717, 1.165) is 5.56 Å². The van der Waals surface area contributed by atoms with Crippen molar-refractivity contribution in [3.63, 3.8) is 0 Å². The van der Waals surface area contributed by atoms with Gasteiger partial charge in [-0.15, -0.1) is 0 Å². The van der Waals surface area contributed by atoms with Gasteiger partial charge in [0, 0.05) is 12.7 Å². The Labute approximate surface area is 105 Å². The highest BCUT2D eigenvalue weighted by atomic mass is 16.5. The molecule has 94 valence electrons. The van der Waals surface area contributed by atoms with E-state index in [4.69, 9.17) is 9.15 Å². The number of rotatable bonds is 4. The fourth-order valence-corrected chi connectivity index (χ4v) is 1.53. The van der Waals surface area contributed by atoms with Gasteiger partial charge in [-0.05, 0) is 19.1 Å². The van der Waals surface area contributed by atoms with E-state index in [2.05, 4.69) is 10.3 Å². The Kier molecular flexibility index (Phi) is 3.74. The van der Waals surface area contributed by atoms with Crippen molar-refractivity contribution in [2.45, 2.75) is 6.92 Å². The second kappa shape index (κ2) is 5.46. The molecule has 0 bridgehead atoms. The van der Waals surface area contributed by atoms with Crippen LogP contribution in [0.25, 0.3) is 11.5 Å². The molecule has 0 unspecified atom stereocenters. The maximum Gasteiger partial charge on any atom is 0.290 e. The fraction of sp³-hybridized carbons (Fsp3) is 0.231. The highest BCUT2D eigenvalue weighted by molar-refractivity contribution is 5.92. The van der Waals surface area contributed by atoms with Crippen LogP contribution in [0.3, 0.4) is 0 Å². The van der Waals surface area contributed by atoms with Crippen LogP contribution in [0.1, 0.15) is 16.2 Å². The number of oxazole rings is 1. The molecular formula is C13H14N2O3. The summed E-state index contributed by atoms with van der Waals surface area (Å²) >= 11 is 0. The second-order valence-electron chi connectivity index (χ2n) is 3.74. The Balaban J connectivity index is 2.25. The number of methoxy groups -OCH3 is 1. The maximum absolute atomic E-state index is 11.7. The van der Waals surface area contributed by atoms with E-state index in [9.17, 15) is 4.79 Å². The normalized spacial score (nSPS) is 10.3. The minimum atomic E-state index is -0.330. The van der Waals surface area contributed by atoms with E-state index in [0.29, 0.717) is 11.6 Å². The van der Waals surface area contributed by atoms with E-state index in [-0.39, 0.29) is 18.4 Å². The summed E-state index contributed by atoms with van der Waals surface area (Å²) in [6, 6.07) is 9.44. The molecule has 2 aromatic rings. The number of hydrogen-bond donors (Lipinski definition) is 1. The smallest absolute Gasteiger partial charge is 0.290 e. The number of hydrogen-bond acceptors (Lipinski definition) is 4. The Morgan fingerprint density at radius 2 is 2.11 bits per heavy atom. The minimum Gasteiger partial charge on any atom is -0.431 e. The molecule has 0 atom stereocenters. The lowest BCUT2D eigenvalue weighted by Crippen LogP contribution is -2.25. The first kappa shape index (κ1) is 12.3. The van der Waals surface area contributed by atoms with Crippen LogP contribution in [-0.2, 0) is 4.74 Å². The van der Waals surface area contributed by atoms with Crippen molar-refractivity contribution in [3.05, 3.63) is 41.8 Å². The molecule has 5 heteroatoms. The van der Waals surface area contributed by atoms with E-state index < -0.39 is 0 Å². The van der Waals surface area contributed by atoms with Crippen molar-refractivity contribution in [1.82, 2.24) is 10.3 Å². The third-order valence-corrected chi connectivity index (χ3v) is 2.40. The van der Waals surface area contributed by atoms with Gasteiger partial charge in [-0.1, -0.05) is 18.2 Å². The lowest BCUT2D eigenvalue weighted by atomic mass is 10.2. The highest BCUT2D eigenvalue weighted by Gasteiger charge is 2.17. The molecule has 1 aromatic heterocycles. The van der Waals surface area contributed by atoms with Crippen LogP contribution in [-0.4, -0.2) is 24.7 Å². The zero-order chi connectivity index (χ0) is 13.0. The molecule has 0 aliphatic heterocycles. The van der Waals surface area contributed by atoms with Gasteiger partial charge in [0.25, 0.3) is 5.91 Å². The Bertz CT molecular complexity index is 534. The first-order valence-corrected chi connectivity index (χ1v) is 5.52. The first-order valence-electron chi connectivity index (χ1n) is 5.52. The molecule has 0 saturated carbocycles. The van der Waals surface area contributed by atoms with Crippen LogP contribution in [0, 0.1) is 6.92 Å². The lowest BCUT2D eigenvalue weighted by Gasteiger charge is -2.00. The SMILES string of the molecule is COCNC(=O)c1oc(-c2ccccc2)nc1C. The number of aromatic nitrogens is 1. The van der Waals surface area contributed by atoms with Crippen LogP contribution in [0.5, 0.6) is 0 Å². The number of carbonyl (C=O) groups is 1. The summed E-state index contributed by atoms with van der Waals surface area (Å²) in [5.41, 5.74) is 1.40. The van der Waals surface area contributed by atoms with Crippen molar-refractivity contribution >= 4 is 5.91 Å². The second-order valence-corrected chi connectivity index (χ2v) is 3.74. The van der Waals surface area contributed by atoms with Crippen LogP contribution in [0.4, 0.5) is 0 Å². The monoisotopic (exact) mass is 246 g/mol. The quantitative estimate of drug-likeness (QED) is 0.838. The van der Waals surface area contributed by atoms with E-state index >= 15 is 0 Å². The largest absolute Gasteiger partial charge is 0.431 e. The van der Waals surface area contributed by atoms with Gasteiger partial charge >= 0.3 is 0 Å². The Hall–Kier alpha value is -2.14. The summed E-state index contributed by atoms with van der Waals surface area (Å²) in [6.07, 6.45) is 0. The summed E-state index contributed by atoms with van der Waals surface area (Å²) in [5.74, 6) is 0.325. The van der Waals surface area contributed by atoms with Crippen LogP contribution < -0.4 is 5.32 Å². The molecule has 0 radical (unpaired) electrons. The number of ether oxygens (including phenoxy) is 1. The molecule has 1 aromatic carbocycles. The summed E-state index contributed by atoms with van der Waals surface area (Å²) in [6.45, 7) is 1.87. The maximum atomic E-state index is 11.7. The third kappa shape index (κ3) is 2.57. The summed E-state index contributed by atoms with van der Waals surface area (Å²) in [7, 11) is 1.50. The predicted octanol–water partition coefficient (Wildman–Crippen LogP) is 1.98. The van der Waals surface area contributed by atoms with E-state index in [1.54, 1.807) is 6.92 Å². The van der Waals surface area contributed by atoms with Gasteiger partial charge in [0.05, 0.1) is 5.69 Å². The molecule has 1 amide bonds. The number of nitrogens with zero attached hydrogens (tertiary/aromatic N) is 1. The number of benzene rings is 1. The van der Waals surface area contributed by atoms with Crippen LogP contribution >= 0.6 is 0 Å². The van der Waals surface area contributed by atoms with Crippen molar-refractivity contribution in [2.24, 2.45) is 0 Å². The number of aryl methyl sites for hydroxylation is 1. The van der Waals surface area contributed by atoms with Gasteiger partial charge < -0.3 is 14.5 Å². The highest BCUT2D eigenvalue weighted by Crippen LogP contribution is 2.21. The molecule has 5 nitrogen and oxygen atoms in total. The zero-order valence-corrected chi connectivity index (χ0v) is 10.3. The summed E-state index contributed by atoms with van der Waals surface area (Å²) < 4.78 is 10.3. The topological polar surface area (TPSA) is 64.4 Å². The molecule has 2 rings (SSSR count). The summed E-state index contributed by atoms with van der Waals surface area (Å²) in [5, 5.41) is 2.56. The molecule has 1 N–H and O–H groups in total. The van der Waals surface area contributed by atoms with Gasteiger partial charge in [0.1, 0.15) is 6.73 Å². The molecule has 0 aliphatic carbocycles. The fourth-order valence-electron chi connectivity index (χ4n) is 1.53. The number of nitrogens with one attached hydrogen (secondary N) is 1. The molecule has 1 heterocycles. The van der Waals surface area contributed by atoms with Gasteiger partial charge in [-0.3, -0.25) is 4.79 Å². The van der Waals surface area contributed by atoms with Crippen LogP contribution in [0.2, 0.25) is 0 Å². The standard InChI is InChI=1S/C13H14N2O3/c1-9-11(12(16)14-8-17-2)18-13(15-9)10-6-4-3-5-7-10/h3-7H,8H2,1-2H3,(H,14,16). The van der Waals surface area contributed by atoms with Gasteiger partial charge in [0.2, 0.25) is 11.7 Å². The van der Waals surface area contributed by atoms with Crippen molar-refractivity contribution in [2.75, 3.05) is 13.8 Å². The molecular weight excluding hydrogens is 232 g/mol. The molecule has 0 aliphatic rings. The third-order valence-electron chi connectivity index (χ3n) is 2.40.